The summed E-state index contributed by atoms with van der Waals surface area (Å²) in [6.45, 7) is 4.43. The fourth-order valence-electron chi connectivity index (χ4n) is 4.52. The van der Waals surface area contributed by atoms with Crippen molar-refractivity contribution in [3.05, 3.63) is 29.8 Å². The summed E-state index contributed by atoms with van der Waals surface area (Å²) < 4.78 is 5.73. The first-order valence-electron chi connectivity index (χ1n) is 9.50. The van der Waals surface area contributed by atoms with Crippen molar-refractivity contribution in [3.8, 4) is 5.75 Å². The van der Waals surface area contributed by atoms with E-state index in [1.54, 1.807) is 0 Å². The lowest BCUT2D eigenvalue weighted by atomic mass is 9.65. The average molecular weight is 314 g/mol. The van der Waals surface area contributed by atoms with Crippen molar-refractivity contribution in [2.24, 2.45) is 17.8 Å². The highest BCUT2D eigenvalue weighted by Gasteiger charge is 2.39. The molecule has 2 fully saturated rings. The van der Waals surface area contributed by atoms with Gasteiger partial charge in [-0.2, -0.15) is 0 Å². The van der Waals surface area contributed by atoms with E-state index in [2.05, 4.69) is 26.0 Å². The van der Waals surface area contributed by atoms with Crippen molar-refractivity contribution in [3.63, 3.8) is 0 Å². The van der Waals surface area contributed by atoms with Gasteiger partial charge in [0.15, 0.2) is 0 Å². The molecule has 0 heterocycles. The van der Waals surface area contributed by atoms with Crippen LogP contribution in [-0.4, -0.2) is 5.97 Å². The van der Waals surface area contributed by atoms with Gasteiger partial charge in [0.1, 0.15) is 5.75 Å². The lowest BCUT2D eigenvalue weighted by molar-refractivity contribution is -0.144. The molecule has 0 radical (unpaired) electrons. The third kappa shape index (κ3) is 3.79. The second-order valence-corrected chi connectivity index (χ2v) is 7.55. The summed E-state index contributed by atoms with van der Waals surface area (Å²) in [4.78, 5) is 12.7. The Balaban J connectivity index is 1.64. The normalized spacial score (nSPS) is 28.7. The number of carbonyl (C=O) groups is 1. The van der Waals surface area contributed by atoms with E-state index in [0.717, 1.165) is 18.8 Å². The minimum absolute atomic E-state index is 0.0119. The molecule has 4 unspecified atom stereocenters. The largest absolute Gasteiger partial charge is 0.426 e. The number of ether oxygens (including phenoxy) is 1. The zero-order valence-corrected chi connectivity index (χ0v) is 14.6. The number of rotatable bonds is 4. The van der Waals surface area contributed by atoms with Crippen molar-refractivity contribution >= 4 is 5.97 Å². The van der Waals surface area contributed by atoms with Gasteiger partial charge in [-0.15, -0.1) is 0 Å². The standard InChI is InChI=1S/C21H30O2/c1-3-15(2)16-11-13-18(14-12-16)23-21(22)20-10-6-8-17-7-4-5-9-19(17)20/h11-15,17,19-20H,3-10H2,1-2H3. The topological polar surface area (TPSA) is 26.3 Å². The van der Waals surface area contributed by atoms with Crippen molar-refractivity contribution in [1.29, 1.82) is 0 Å². The smallest absolute Gasteiger partial charge is 0.314 e. The summed E-state index contributed by atoms with van der Waals surface area (Å²) >= 11 is 0. The Morgan fingerprint density at radius 3 is 2.52 bits per heavy atom. The Morgan fingerprint density at radius 2 is 1.78 bits per heavy atom. The first-order chi connectivity index (χ1) is 11.2. The Labute approximate surface area is 140 Å². The highest BCUT2D eigenvalue weighted by Crippen LogP contribution is 2.44. The molecule has 0 spiro atoms. The second-order valence-electron chi connectivity index (χ2n) is 7.55. The maximum Gasteiger partial charge on any atom is 0.314 e. The summed E-state index contributed by atoms with van der Waals surface area (Å²) in [7, 11) is 0. The van der Waals surface area contributed by atoms with Crippen LogP contribution in [0.1, 0.15) is 76.7 Å². The van der Waals surface area contributed by atoms with Crippen LogP contribution >= 0.6 is 0 Å². The highest BCUT2D eigenvalue weighted by atomic mass is 16.5. The van der Waals surface area contributed by atoms with Crippen LogP contribution in [0.15, 0.2) is 24.3 Å². The predicted octanol–water partition coefficient (Wildman–Crippen LogP) is 5.71. The van der Waals surface area contributed by atoms with E-state index in [-0.39, 0.29) is 11.9 Å². The molecule has 2 heteroatoms. The SMILES string of the molecule is CCC(C)c1ccc(OC(=O)C2CCCC3CCCCC32)cc1. The number of esters is 1. The predicted molar refractivity (Wildman–Crippen MR) is 93.6 cm³/mol. The molecular formula is C21H30O2. The first kappa shape index (κ1) is 16.5. The molecule has 23 heavy (non-hydrogen) atoms. The van der Waals surface area contributed by atoms with Crippen molar-refractivity contribution in [1.82, 2.24) is 0 Å². The number of hydrogen-bond donors (Lipinski definition) is 0. The summed E-state index contributed by atoms with van der Waals surface area (Å²) in [5, 5.41) is 0. The Morgan fingerprint density at radius 1 is 1.09 bits per heavy atom. The number of hydrogen-bond acceptors (Lipinski definition) is 2. The van der Waals surface area contributed by atoms with Gasteiger partial charge in [0, 0.05) is 0 Å². The number of fused-ring (bicyclic) bond motifs is 1. The van der Waals surface area contributed by atoms with Crippen LogP contribution in [0.2, 0.25) is 0 Å². The van der Waals surface area contributed by atoms with Gasteiger partial charge >= 0.3 is 5.97 Å². The minimum Gasteiger partial charge on any atom is -0.426 e. The van der Waals surface area contributed by atoms with Gasteiger partial charge in [-0.25, -0.2) is 0 Å². The Hall–Kier alpha value is -1.31. The second kappa shape index (κ2) is 7.51. The van der Waals surface area contributed by atoms with E-state index in [4.69, 9.17) is 4.74 Å². The van der Waals surface area contributed by atoms with E-state index in [1.165, 1.54) is 44.1 Å². The fourth-order valence-corrected chi connectivity index (χ4v) is 4.52. The maximum atomic E-state index is 12.7. The van der Waals surface area contributed by atoms with Crippen LogP contribution < -0.4 is 4.74 Å². The van der Waals surface area contributed by atoms with Gasteiger partial charge in [0.2, 0.25) is 0 Å². The average Bonchev–Trinajstić information content (AvgIpc) is 2.61. The molecule has 0 saturated heterocycles. The monoisotopic (exact) mass is 314 g/mol. The summed E-state index contributed by atoms with van der Waals surface area (Å²) in [6.07, 6.45) is 9.82. The molecule has 0 amide bonds. The Kier molecular flexibility index (Phi) is 5.40. The van der Waals surface area contributed by atoms with E-state index >= 15 is 0 Å². The molecule has 1 aromatic carbocycles. The van der Waals surface area contributed by atoms with Gasteiger partial charge in [-0.3, -0.25) is 4.79 Å². The molecule has 2 aliphatic carbocycles. The van der Waals surface area contributed by atoms with Gasteiger partial charge in [-0.1, -0.05) is 58.1 Å². The molecule has 126 valence electrons. The van der Waals surface area contributed by atoms with E-state index in [0.29, 0.717) is 17.6 Å². The third-order valence-corrected chi connectivity index (χ3v) is 6.16. The van der Waals surface area contributed by atoms with Crippen LogP contribution in [0.4, 0.5) is 0 Å². The maximum absolute atomic E-state index is 12.7. The molecule has 0 bridgehead atoms. The van der Waals surface area contributed by atoms with Crippen molar-refractivity contribution < 1.29 is 9.53 Å². The summed E-state index contributed by atoms with van der Waals surface area (Å²) in [6, 6.07) is 8.11. The first-order valence-corrected chi connectivity index (χ1v) is 9.50. The molecule has 2 saturated carbocycles. The van der Waals surface area contributed by atoms with Crippen LogP contribution in [-0.2, 0) is 4.79 Å². The number of carbonyl (C=O) groups excluding carboxylic acids is 1. The van der Waals surface area contributed by atoms with E-state index in [1.807, 2.05) is 12.1 Å². The van der Waals surface area contributed by atoms with E-state index in [9.17, 15) is 4.79 Å². The molecule has 3 rings (SSSR count). The van der Waals surface area contributed by atoms with Crippen LogP contribution in [0, 0.1) is 17.8 Å². The van der Waals surface area contributed by atoms with E-state index < -0.39 is 0 Å². The zero-order valence-electron chi connectivity index (χ0n) is 14.6. The quantitative estimate of drug-likeness (QED) is 0.525. The summed E-state index contributed by atoms with van der Waals surface area (Å²) in [5.41, 5.74) is 1.32. The molecule has 4 atom stereocenters. The van der Waals surface area contributed by atoms with Crippen LogP contribution in [0.5, 0.6) is 5.75 Å². The fraction of sp³-hybridized carbons (Fsp3) is 0.667. The molecule has 0 N–H and O–H groups in total. The lowest BCUT2D eigenvalue weighted by Gasteiger charge is -2.40. The molecule has 0 aromatic heterocycles. The summed E-state index contributed by atoms with van der Waals surface area (Å²) in [5.74, 6) is 2.74. The Bertz CT molecular complexity index is 517. The van der Waals surface area contributed by atoms with Crippen molar-refractivity contribution in [2.45, 2.75) is 71.1 Å². The number of benzene rings is 1. The van der Waals surface area contributed by atoms with Gasteiger partial charge in [0.25, 0.3) is 0 Å². The van der Waals surface area contributed by atoms with Gasteiger partial charge in [0.05, 0.1) is 5.92 Å². The molecule has 0 aliphatic heterocycles. The molecule has 1 aromatic rings. The van der Waals surface area contributed by atoms with Crippen LogP contribution in [0.25, 0.3) is 0 Å². The molecular weight excluding hydrogens is 284 g/mol. The zero-order chi connectivity index (χ0) is 16.2. The van der Waals surface area contributed by atoms with Gasteiger partial charge in [-0.05, 0) is 54.7 Å². The van der Waals surface area contributed by atoms with Crippen LogP contribution in [0.3, 0.4) is 0 Å². The lowest BCUT2D eigenvalue weighted by Crippen LogP contribution is -2.37. The highest BCUT2D eigenvalue weighted by molar-refractivity contribution is 5.75. The molecule has 2 aliphatic rings. The minimum atomic E-state index is 0.0119. The van der Waals surface area contributed by atoms with Gasteiger partial charge < -0.3 is 4.74 Å². The third-order valence-electron chi connectivity index (χ3n) is 6.16. The van der Waals surface area contributed by atoms with Crippen molar-refractivity contribution in [2.75, 3.05) is 0 Å². The molecule has 2 nitrogen and oxygen atoms in total.